The zero-order chi connectivity index (χ0) is 23.0. The standard InChI is InChI=1S/C18H15N3O8S2.2Na/c1-10(22)19-13-7-8-14(30(24,25)26)12-9-15(31(27,28)29)17(18(23)16(12)13)21-20-11-5-3-2-4-6-11;;/h2-9,23H,1H3,(H,19,22)(H,24,25,26)(H,27,28,29);;/q;2*+1/p-2. The van der Waals surface area contributed by atoms with Crippen molar-refractivity contribution in [1.82, 2.24) is 0 Å². The van der Waals surface area contributed by atoms with Gasteiger partial charge in [0.2, 0.25) is 5.91 Å². The fraction of sp³-hybridized carbons (Fsp3) is 0.0556. The summed E-state index contributed by atoms with van der Waals surface area (Å²) in [6.07, 6.45) is 0. The van der Waals surface area contributed by atoms with Crippen molar-refractivity contribution in [3.63, 3.8) is 0 Å². The number of anilines is 1. The number of phenols is 1. The molecule has 0 heterocycles. The maximum atomic E-state index is 11.8. The number of nitrogens with one attached hydrogen (secondary N) is 1. The number of carbonyl (C=O) groups excluding carboxylic acids is 1. The summed E-state index contributed by atoms with van der Waals surface area (Å²) in [4.78, 5) is 9.52. The van der Waals surface area contributed by atoms with Crippen molar-refractivity contribution in [2.45, 2.75) is 16.7 Å². The predicted molar refractivity (Wildman–Crippen MR) is 106 cm³/mol. The zero-order valence-electron chi connectivity index (χ0n) is 17.6. The molecule has 0 saturated carbocycles. The minimum Gasteiger partial charge on any atom is -0.744 e. The fourth-order valence-corrected chi connectivity index (χ4v) is 4.14. The summed E-state index contributed by atoms with van der Waals surface area (Å²) in [7, 11) is -10.4. The van der Waals surface area contributed by atoms with Crippen LogP contribution < -0.4 is 64.4 Å². The van der Waals surface area contributed by atoms with Crippen molar-refractivity contribution in [2.24, 2.45) is 10.2 Å². The third-order valence-electron chi connectivity index (χ3n) is 4.05. The van der Waals surface area contributed by atoms with E-state index in [0.29, 0.717) is 6.07 Å². The summed E-state index contributed by atoms with van der Waals surface area (Å²) in [6, 6.07) is 10.4. The summed E-state index contributed by atoms with van der Waals surface area (Å²) < 4.78 is 70.4. The fourth-order valence-electron chi connectivity index (χ4n) is 2.83. The Balaban J connectivity index is 0.00000272. The Morgan fingerprint density at radius 2 is 1.48 bits per heavy atom. The number of carbonyl (C=O) groups is 1. The Morgan fingerprint density at radius 3 is 2.00 bits per heavy atom. The normalized spacial score (nSPS) is 11.6. The molecule has 3 rings (SSSR count). The molecular formula is C18H13N3Na2O8S2. The van der Waals surface area contributed by atoms with Crippen LogP contribution in [0.2, 0.25) is 0 Å². The molecule has 0 atom stereocenters. The second-order valence-corrected chi connectivity index (χ2v) is 8.93. The second kappa shape index (κ2) is 11.4. The van der Waals surface area contributed by atoms with Crippen LogP contribution in [0, 0.1) is 0 Å². The first-order valence-corrected chi connectivity index (χ1v) is 11.2. The van der Waals surface area contributed by atoms with E-state index in [1.54, 1.807) is 18.2 Å². The largest absolute Gasteiger partial charge is 1.00 e. The van der Waals surface area contributed by atoms with E-state index < -0.39 is 58.1 Å². The van der Waals surface area contributed by atoms with Crippen LogP contribution in [-0.4, -0.2) is 37.0 Å². The minimum absolute atomic E-state index is 0. The van der Waals surface area contributed by atoms with Gasteiger partial charge in [0, 0.05) is 12.3 Å². The van der Waals surface area contributed by atoms with Crippen LogP contribution in [0.25, 0.3) is 10.8 Å². The Bertz CT molecular complexity index is 1440. The van der Waals surface area contributed by atoms with Gasteiger partial charge in [0.1, 0.15) is 25.9 Å². The maximum Gasteiger partial charge on any atom is 1.00 e. The molecule has 0 saturated heterocycles. The van der Waals surface area contributed by atoms with E-state index in [9.17, 15) is 35.8 Å². The molecule has 33 heavy (non-hydrogen) atoms. The monoisotopic (exact) mass is 509 g/mol. The predicted octanol–water partition coefficient (Wildman–Crippen LogP) is -3.26. The van der Waals surface area contributed by atoms with Crippen molar-refractivity contribution in [3.8, 4) is 5.75 Å². The quantitative estimate of drug-likeness (QED) is 0.204. The van der Waals surface area contributed by atoms with Crippen LogP contribution in [0.1, 0.15) is 6.92 Å². The molecule has 0 aliphatic rings. The number of hydrogen-bond donors (Lipinski definition) is 2. The number of aromatic hydroxyl groups is 1. The van der Waals surface area contributed by atoms with E-state index in [4.69, 9.17) is 0 Å². The number of amides is 1. The summed E-state index contributed by atoms with van der Waals surface area (Å²) in [5.41, 5.74) is -0.661. The Hall–Kier alpha value is -1.39. The van der Waals surface area contributed by atoms with Crippen molar-refractivity contribution in [1.29, 1.82) is 0 Å². The maximum absolute atomic E-state index is 11.8. The molecule has 0 fully saturated rings. The van der Waals surface area contributed by atoms with Gasteiger partial charge in [-0.25, -0.2) is 16.8 Å². The number of fused-ring (bicyclic) bond motifs is 1. The average Bonchev–Trinajstić information content (AvgIpc) is 2.65. The van der Waals surface area contributed by atoms with Gasteiger partial charge in [0.25, 0.3) is 0 Å². The van der Waals surface area contributed by atoms with Gasteiger partial charge >= 0.3 is 59.1 Å². The van der Waals surface area contributed by atoms with Crippen LogP contribution in [0.15, 0.2) is 68.6 Å². The van der Waals surface area contributed by atoms with Gasteiger partial charge in [-0.15, -0.1) is 5.11 Å². The van der Waals surface area contributed by atoms with Gasteiger partial charge < -0.3 is 19.5 Å². The summed E-state index contributed by atoms with van der Waals surface area (Å²) in [6.45, 7) is 1.13. The van der Waals surface area contributed by atoms with E-state index >= 15 is 0 Å². The average molecular weight is 509 g/mol. The van der Waals surface area contributed by atoms with E-state index in [2.05, 4.69) is 15.5 Å². The third kappa shape index (κ3) is 6.82. The first-order valence-electron chi connectivity index (χ1n) is 8.38. The number of rotatable bonds is 5. The van der Waals surface area contributed by atoms with Crippen molar-refractivity contribution >= 4 is 54.0 Å². The van der Waals surface area contributed by atoms with Crippen LogP contribution in [0.3, 0.4) is 0 Å². The smallest absolute Gasteiger partial charge is 0.744 e. The van der Waals surface area contributed by atoms with Crippen LogP contribution in [0.4, 0.5) is 17.1 Å². The van der Waals surface area contributed by atoms with Crippen LogP contribution in [-0.2, 0) is 25.0 Å². The number of phenolic OH excluding ortho intramolecular Hbond substituents is 1. The molecule has 0 aromatic heterocycles. The van der Waals surface area contributed by atoms with Crippen molar-refractivity contribution < 1.29 is 95.0 Å². The molecule has 3 aromatic rings. The molecule has 0 spiro atoms. The topological polar surface area (TPSA) is 188 Å². The molecule has 0 radical (unpaired) electrons. The zero-order valence-corrected chi connectivity index (χ0v) is 23.3. The first-order chi connectivity index (χ1) is 14.4. The second-order valence-electron chi connectivity index (χ2n) is 6.23. The first kappa shape index (κ1) is 29.6. The number of benzene rings is 3. The molecule has 3 aromatic carbocycles. The molecular weight excluding hydrogens is 496 g/mol. The molecule has 0 bridgehead atoms. The Morgan fingerprint density at radius 1 is 0.909 bits per heavy atom. The molecule has 2 N–H and O–H groups in total. The van der Waals surface area contributed by atoms with E-state index in [1.165, 1.54) is 12.1 Å². The molecule has 0 unspecified atom stereocenters. The van der Waals surface area contributed by atoms with E-state index in [1.807, 2.05) is 0 Å². The number of azo groups is 1. The van der Waals surface area contributed by atoms with Gasteiger partial charge in [-0.1, -0.05) is 18.2 Å². The molecule has 11 nitrogen and oxygen atoms in total. The Kier molecular flexibility index (Phi) is 10.2. The van der Waals surface area contributed by atoms with Crippen LogP contribution >= 0.6 is 0 Å². The Labute approximate surface area is 233 Å². The van der Waals surface area contributed by atoms with Gasteiger partial charge in [-0.05, 0) is 30.3 Å². The van der Waals surface area contributed by atoms with E-state index in [0.717, 1.165) is 19.1 Å². The summed E-state index contributed by atoms with van der Waals surface area (Å²) in [5, 5.41) is 19.5. The SMILES string of the molecule is CC(=O)Nc1ccc(S(=O)(=O)[O-])c2cc(S(=O)(=O)[O-])c(N=Nc3ccccc3)c(O)c12.[Na+].[Na+]. The molecule has 1 amide bonds. The summed E-state index contributed by atoms with van der Waals surface area (Å²) >= 11 is 0. The van der Waals surface area contributed by atoms with Gasteiger partial charge in [-0.2, -0.15) is 5.11 Å². The minimum atomic E-state index is -5.30. The third-order valence-corrected chi connectivity index (χ3v) is 5.79. The van der Waals surface area contributed by atoms with Crippen LogP contribution in [0.5, 0.6) is 5.75 Å². The summed E-state index contributed by atoms with van der Waals surface area (Å²) in [5.74, 6) is -1.56. The number of hydrogen-bond acceptors (Lipinski definition) is 10. The molecule has 15 heteroatoms. The van der Waals surface area contributed by atoms with Gasteiger partial charge in [0.05, 0.1) is 26.6 Å². The van der Waals surface area contributed by atoms with Crippen molar-refractivity contribution in [2.75, 3.05) is 5.32 Å². The molecule has 162 valence electrons. The number of nitrogens with zero attached hydrogens (tertiary/aromatic N) is 2. The van der Waals surface area contributed by atoms with Crippen molar-refractivity contribution in [3.05, 3.63) is 48.5 Å². The molecule has 0 aliphatic heterocycles. The van der Waals surface area contributed by atoms with Gasteiger partial charge in [0.15, 0.2) is 5.75 Å². The molecule has 0 aliphatic carbocycles. The van der Waals surface area contributed by atoms with E-state index in [-0.39, 0.29) is 70.5 Å². The van der Waals surface area contributed by atoms with Gasteiger partial charge in [-0.3, -0.25) is 4.79 Å².